The molecule has 2 aromatic carbocycles. The zero-order chi connectivity index (χ0) is 13.8. The van der Waals surface area contributed by atoms with E-state index in [1.54, 1.807) is 18.2 Å². The highest BCUT2D eigenvalue weighted by Crippen LogP contribution is 2.26. The summed E-state index contributed by atoms with van der Waals surface area (Å²) >= 11 is 5.78. The van der Waals surface area contributed by atoms with Crippen LogP contribution in [-0.2, 0) is 13.1 Å². The number of para-hydroxylation sites is 1. The van der Waals surface area contributed by atoms with E-state index in [0.717, 1.165) is 12.1 Å². The van der Waals surface area contributed by atoms with Gasteiger partial charge in [-0.25, -0.2) is 8.78 Å². The van der Waals surface area contributed by atoms with Crippen LogP contribution in [0.3, 0.4) is 0 Å². The molecule has 0 unspecified atom stereocenters. The highest BCUT2D eigenvalue weighted by atomic mass is 35.5. The summed E-state index contributed by atoms with van der Waals surface area (Å²) in [5.74, 6) is -1.71. The van der Waals surface area contributed by atoms with Crippen LogP contribution in [0.25, 0.3) is 0 Å². The van der Waals surface area contributed by atoms with Crippen LogP contribution in [0.1, 0.15) is 11.1 Å². The Kier molecular flexibility index (Phi) is 4.35. The topological polar surface area (TPSA) is 32.3 Å². The highest BCUT2D eigenvalue weighted by molar-refractivity contribution is 6.32. The van der Waals surface area contributed by atoms with Crippen molar-refractivity contribution >= 4 is 11.6 Å². The van der Waals surface area contributed by atoms with Crippen molar-refractivity contribution < 1.29 is 13.9 Å². The molecule has 0 saturated carbocycles. The van der Waals surface area contributed by atoms with Gasteiger partial charge in [-0.1, -0.05) is 29.8 Å². The zero-order valence-electron chi connectivity index (χ0n) is 9.96. The predicted molar refractivity (Wildman–Crippen MR) is 70.0 cm³/mol. The lowest BCUT2D eigenvalue weighted by Crippen LogP contribution is -2.13. The molecule has 19 heavy (non-hydrogen) atoms. The van der Waals surface area contributed by atoms with E-state index >= 15 is 0 Å². The Labute approximate surface area is 114 Å². The second-order valence-electron chi connectivity index (χ2n) is 4.10. The Bertz CT molecular complexity index is 590. The molecule has 2 nitrogen and oxygen atoms in total. The van der Waals surface area contributed by atoms with E-state index in [-0.39, 0.29) is 10.8 Å². The van der Waals surface area contributed by atoms with Crippen LogP contribution in [0.5, 0.6) is 5.75 Å². The highest BCUT2D eigenvalue weighted by Gasteiger charge is 2.05. The summed E-state index contributed by atoms with van der Waals surface area (Å²) in [5, 5.41) is 13.0. The van der Waals surface area contributed by atoms with Gasteiger partial charge in [0, 0.05) is 18.7 Å². The van der Waals surface area contributed by atoms with Gasteiger partial charge >= 0.3 is 0 Å². The number of phenols is 1. The first kappa shape index (κ1) is 13.8. The molecule has 0 amide bonds. The van der Waals surface area contributed by atoms with Crippen molar-refractivity contribution in [1.29, 1.82) is 0 Å². The monoisotopic (exact) mass is 283 g/mol. The molecule has 0 fully saturated rings. The Balaban J connectivity index is 1.96. The third-order valence-electron chi connectivity index (χ3n) is 2.70. The summed E-state index contributed by atoms with van der Waals surface area (Å²) < 4.78 is 25.7. The molecule has 2 rings (SSSR count). The Morgan fingerprint density at radius 2 is 1.84 bits per heavy atom. The zero-order valence-corrected chi connectivity index (χ0v) is 10.7. The van der Waals surface area contributed by atoms with Crippen LogP contribution in [0.4, 0.5) is 8.78 Å². The van der Waals surface area contributed by atoms with Crippen molar-refractivity contribution in [1.82, 2.24) is 5.32 Å². The third-order valence-corrected chi connectivity index (χ3v) is 3.00. The van der Waals surface area contributed by atoms with E-state index in [0.29, 0.717) is 24.2 Å². The van der Waals surface area contributed by atoms with E-state index in [1.165, 1.54) is 6.07 Å². The summed E-state index contributed by atoms with van der Waals surface area (Å²) in [6, 6.07) is 8.79. The fraction of sp³-hybridized carbons (Fsp3) is 0.143. The van der Waals surface area contributed by atoms with Crippen molar-refractivity contribution in [2.75, 3.05) is 0 Å². The van der Waals surface area contributed by atoms with Crippen LogP contribution >= 0.6 is 11.6 Å². The largest absolute Gasteiger partial charge is 0.506 e. The molecule has 2 N–H and O–H groups in total. The average molecular weight is 284 g/mol. The first-order chi connectivity index (χ1) is 9.08. The maximum atomic E-state index is 13.0. The fourth-order valence-electron chi connectivity index (χ4n) is 1.69. The van der Waals surface area contributed by atoms with Crippen LogP contribution in [0.2, 0.25) is 5.02 Å². The first-order valence-electron chi connectivity index (χ1n) is 5.69. The van der Waals surface area contributed by atoms with Gasteiger partial charge in [-0.15, -0.1) is 0 Å². The average Bonchev–Trinajstić information content (AvgIpc) is 2.39. The fourth-order valence-corrected chi connectivity index (χ4v) is 1.89. The van der Waals surface area contributed by atoms with E-state index < -0.39 is 11.6 Å². The molecular weight excluding hydrogens is 272 g/mol. The van der Waals surface area contributed by atoms with Gasteiger partial charge in [0.25, 0.3) is 0 Å². The molecule has 100 valence electrons. The number of rotatable bonds is 4. The second-order valence-corrected chi connectivity index (χ2v) is 4.51. The maximum Gasteiger partial charge on any atom is 0.159 e. The molecule has 0 bridgehead atoms. The maximum absolute atomic E-state index is 13.0. The molecular formula is C14H12ClF2NO. The lowest BCUT2D eigenvalue weighted by atomic mass is 10.2. The number of hydrogen-bond acceptors (Lipinski definition) is 2. The molecule has 0 aromatic heterocycles. The molecule has 5 heteroatoms. The standard InChI is InChI=1S/C14H12ClF2NO/c15-11-3-1-2-10(14(11)19)8-18-7-9-4-5-12(16)13(17)6-9/h1-6,18-19H,7-8H2. The van der Waals surface area contributed by atoms with Gasteiger partial charge in [0.1, 0.15) is 5.75 Å². The van der Waals surface area contributed by atoms with Gasteiger partial charge in [-0.05, 0) is 23.8 Å². The molecule has 0 aliphatic rings. The van der Waals surface area contributed by atoms with Crippen LogP contribution in [0.15, 0.2) is 36.4 Å². The van der Waals surface area contributed by atoms with Crippen LogP contribution in [-0.4, -0.2) is 5.11 Å². The van der Waals surface area contributed by atoms with Gasteiger partial charge in [0.15, 0.2) is 11.6 Å². The van der Waals surface area contributed by atoms with E-state index in [1.807, 2.05) is 0 Å². The second kappa shape index (κ2) is 5.99. The SMILES string of the molecule is Oc1c(Cl)cccc1CNCc1ccc(F)c(F)c1. The number of phenolic OH excluding ortho intramolecular Hbond substituents is 1. The van der Waals surface area contributed by atoms with Crippen molar-refractivity contribution in [2.45, 2.75) is 13.1 Å². The Morgan fingerprint density at radius 3 is 2.58 bits per heavy atom. The molecule has 0 aliphatic carbocycles. The molecule has 0 atom stereocenters. The van der Waals surface area contributed by atoms with Crippen molar-refractivity contribution in [3.8, 4) is 5.75 Å². The van der Waals surface area contributed by atoms with Crippen molar-refractivity contribution in [2.24, 2.45) is 0 Å². The lowest BCUT2D eigenvalue weighted by Gasteiger charge is -2.08. The third kappa shape index (κ3) is 3.43. The van der Waals surface area contributed by atoms with Crippen LogP contribution in [0, 0.1) is 11.6 Å². The predicted octanol–water partition coefficient (Wildman–Crippen LogP) is 3.61. The molecule has 0 aliphatic heterocycles. The van der Waals surface area contributed by atoms with Gasteiger partial charge in [0.2, 0.25) is 0 Å². The normalized spacial score (nSPS) is 10.7. The quantitative estimate of drug-likeness (QED) is 0.898. The van der Waals surface area contributed by atoms with Gasteiger partial charge in [-0.2, -0.15) is 0 Å². The minimum atomic E-state index is -0.870. The summed E-state index contributed by atoms with van der Waals surface area (Å²) in [6.07, 6.45) is 0. The molecule has 0 heterocycles. The summed E-state index contributed by atoms with van der Waals surface area (Å²) in [6.45, 7) is 0.745. The van der Waals surface area contributed by atoms with E-state index in [4.69, 9.17) is 11.6 Å². The first-order valence-corrected chi connectivity index (χ1v) is 6.06. The van der Waals surface area contributed by atoms with Crippen molar-refractivity contribution in [3.63, 3.8) is 0 Å². The smallest absolute Gasteiger partial charge is 0.159 e. The summed E-state index contributed by atoms with van der Waals surface area (Å²) in [5.41, 5.74) is 1.27. The van der Waals surface area contributed by atoms with Gasteiger partial charge in [-0.3, -0.25) is 0 Å². The molecule has 0 spiro atoms. The number of aromatic hydroxyl groups is 1. The Morgan fingerprint density at radius 1 is 1.05 bits per heavy atom. The minimum absolute atomic E-state index is 0.0296. The van der Waals surface area contributed by atoms with E-state index in [9.17, 15) is 13.9 Å². The molecule has 2 aromatic rings. The van der Waals surface area contributed by atoms with E-state index in [2.05, 4.69) is 5.32 Å². The van der Waals surface area contributed by atoms with Crippen molar-refractivity contribution in [3.05, 3.63) is 64.2 Å². The summed E-state index contributed by atoms with van der Waals surface area (Å²) in [4.78, 5) is 0. The molecule has 0 saturated heterocycles. The molecule has 0 radical (unpaired) electrons. The summed E-state index contributed by atoms with van der Waals surface area (Å²) in [7, 11) is 0. The Hall–Kier alpha value is -1.65. The van der Waals surface area contributed by atoms with Crippen LogP contribution < -0.4 is 5.32 Å². The minimum Gasteiger partial charge on any atom is -0.506 e. The number of halogens is 3. The van der Waals surface area contributed by atoms with Gasteiger partial charge in [0.05, 0.1) is 5.02 Å². The number of nitrogens with one attached hydrogen (secondary N) is 1. The van der Waals surface area contributed by atoms with Gasteiger partial charge < -0.3 is 10.4 Å². The number of benzene rings is 2. The number of hydrogen-bond donors (Lipinski definition) is 2. The lowest BCUT2D eigenvalue weighted by molar-refractivity contribution is 0.464.